The highest BCUT2D eigenvalue weighted by molar-refractivity contribution is 6.42. The van der Waals surface area contributed by atoms with E-state index in [4.69, 9.17) is 52.5 Å². The minimum absolute atomic E-state index is 0.0282. The predicted molar refractivity (Wildman–Crippen MR) is 367 cm³/mol. The van der Waals surface area contributed by atoms with E-state index in [1.54, 1.807) is 55.4 Å². The normalized spacial score (nSPS) is 24.6. The van der Waals surface area contributed by atoms with Crippen molar-refractivity contribution in [3.63, 3.8) is 0 Å². The van der Waals surface area contributed by atoms with Crippen molar-refractivity contribution in [2.45, 2.75) is 169 Å². The molecule has 10 atom stereocenters. The highest BCUT2D eigenvalue weighted by atomic mass is 35.5. The number of nitrogen functional groups attached to an aromatic ring is 1. The summed E-state index contributed by atoms with van der Waals surface area (Å²) in [5.41, 5.74) is 1.70. The molecule has 0 radical (unpaired) electrons. The molecule has 6 N–H and O–H groups in total. The molecule has 101 heavy (non-hydrogen) atoms. The van der Waals surface area contributed by atoms with E-state index in [2.05, 4.69) is 21.3 Å². The average Bonchev–Trinajstić information content (AvgIpc) is 1.26. The second-order valence-corrected chi connectivity index (χ2v) is 28.5. The molecule has 6 aliphatic rings. The second kappa shape index (κ2) is 31.2. The van der Waals surface area contributed by atoms with E-state index < -0.39 is 213 Å². The summed E-state index contributed by atoms with van der Waals surface area (Å²) in [5, 5.41) is 10.6. The van der Waals surface area contributed by atoms with Crippen LogP contribution in [0, 0.1) is 37.5 Å². The molecule has 0 spiro atoms. The summed E-state index contributed by atoms with van der Waals surface area (Å²) in [6.45, 7) is 17.5. The summed E-state index contributed by atoms with van der Waals surface area (Å²) >= 11 is 12.5. The van der Waals surface area contributed by atoms with Crippen molar-refractivity contribution in [2.24, 2.45) is 23.7 Å². The number of esters is 3. The maximum absolute atomic E-state index is 15.7. The van der Waals surface area contributed by atoms with Crippen LogP contribution in [0.2, 0.25) is 10.0 Å². The topological polar surface area (TPSA) is 386 Å². The first-order valence-electron chi connectivity index (χ1n) is 33.4. The Morgan fingerprint density at radius 3 is 1.51 bits per heavy atom. The van der Waals surface area contributed by atoms with Crippen LogP contribution in [0.3, 0.4) is 0 Å². The number of cyclic esters (lactones) is 2. The lowest BCUT2D eigenvalue weighted by Crippen LogP contribution is -2.61. The third-order valence-corrected chi connectivity index (χ3v) is 19.7. The molecule has 0 aromatic heterocycles. The number of amides is 10. The number of hydrogen-bond acceptors (Lipinski definition) is 20. The Hall–Kier alpha value is -9.45. The van der Waals surface area contributed by atoms with E-state index in [9.17, 15) is 47.9 Å². The van der Waals surface area contributed by atoms with Gasteiger partial charge in [0.1, 0.15) is 77.5 Å². The number of benzene rings is 3. The summed E-state index contributed by atoms with van der Waals surface area (Å²) in [4.78, 5) is 216. The fourth-order valence-electron chi connectivity index (χ4n) is 13.2. The molecule has 1 aliphatic carbocycles. The number of rotatable bonds is 10. The fraction of sp³-hybridized carbons (Fsp3) is 0.551. The molecule has 5 heterocycles. The van der Waals surface area contributed by atoms with Crippen molar-refractivity contribution in [2.75, 3.05) is 60.1 Å². The zero-order valence-corrected chi connectivity index (χ0v) is 60.9. The van der Waals surface area contributed by atoms with E-state index in [1.165, 1.54) is 93.7 Å². The summed E-state index contributed by atoms with van der Waals surface area (Å²) < 4.78 is 24.5. The Balaban J connectivity index is 1.30. The quantitative estimate of drug-likeness (QED) is 0.0658. The van der Waals surface area contributed by atoms with Gasteiger partial charge in [-0.25, -0.2) is 19.4 Å². The Kier molecular flexibility index (Phi) is 23.9. The third kappa shape index (κ3) is 15.9. The van der Waals surface area contributed by atoms with Crippen molar-refractivity contribution in [1.29, 1.82) is 0 Å². The van der Waals surface area contributed by atoms with Crippen molar-refractivity contribution in [1.82, 2.24) is 55.7 Å². The highest BCUT2D eigenvalue weighted by Crippen LogP contribution is 2.39. The van der Waals surface area contributed by atoms with Crippen LogP contribution in [0.25, 0.3) is 22.6 Å². The Bertz CT molecular complexity index is 4060. The molecule has 546 valence electrons. The molecule has 5 aliphatic heterocycles. The Labute approximate surface area is 593 Å². The van der Waals surface area contributed by atoms with Crippen molar-refractivity contribution in [3.8, 4) is 17.2 Å². The summed E-state index contributed by atoms with van der Waals surface area (Å²) in [6.07, 6.45) is -2.03. The van der Waals surface area contributed by atoms with E-state index >= 15 is 19.2 Å². The van der Waals surface area contributed by atoms with E-state index in [1.807, 2.05) is 0 Å². The van der Waals surface area contributed by atoms with Gasteiger partial charge >= 0.3 is 17.9 Å². The third-order valence-electron chi connectivity index (χ3n) is 19.0. The van der Waals surface area contributed by atoms with Gasteiger partial charge in [-0.3, -0.25) is 52.7 Å². The van der Waals surface area contributed by atoms with Crippen LogP contribution in [-0.4, -0.2) is 226 Å². The van der Waals surface area contributed by atoms with Crippen LogP contribution in [0.15, 0.2) is 33.5 Å². The van der Waals surface area contributed by atoms with E-state index in [-0.39, 0.29) is 64.0 Å². The number of likely N-dealkylation sites (N-methyl/N-ethyl adjacent to an activating group) is 4. The number of carbonyl (C=O) groups excluding carboxylic acids is 13. The molecule has 4 saturated heterocycles. The lowest BCUT2D eigenvalue weighted by atomic mass is 9.98. The number of anilines is 1. The smallest absolute Gasteiger partial charge is 0.343 e. The number of nitrogens with two attached hydrogens (primary N) is 1. The Morgan fingerprint density at radius 2 is 1.08 bits per heavy atom. The molecule has 32 heteroatoms. The van der Waals surface area contributed by atoms with Gasteiger partial charge in [-0.15, -0.1) is 0 Å². The number of fused-ring (bicyclic) bond motifs is 4. The maximum atomic E-state index is 15.7. The van der Waals surface area contributed by atoms with Crippen LogP contribution in [-0.2, 0) is 57.4 Å². The second-order valence-electron chi connectivity index (χ2n) is 27.7. The van der Waals surface area contributed by atoms with E-state index in [0.717, 1.165) is 15.9 Å². The molecule has 4 fully saturated rings. The first-order valence-corrected chi connectivity index (χ1v) is 34.2. The van der Waals surface area contributed by atoms with Gasteiger partial charge in [-0.1, -0.05) is 78.6 Å². The minimum Gasteiger partial charge on any atom is -0.458 e. The van der Waals surface area contributed by atoms with E-state index in [0.29, 0.717) is 12.8 Å². The van der Waals surface area contributed by atoms with Crippen molar-refractivity contribution in [3.05, 3.63) is 72.4 Å². The van der Waals surface area contributed by atoms with Crippen LogP contribution >= 0.6 is 23.2 Å². The van der Waals surface area contributed by atoms with Gasteiger partial charge in [-0.2, -0.15) is 0 Å². The average molecular weight is 1440 g/mol. The zero-order valence-electron chi connectivity index (χ0n) is 59.4. The lowest BCUT2D eigenvalue weighted by Gasteiger charge is -2.36. The van der Waals surface area contributed by atoms with Gasteiger partial charge in [0.05, 0.1) is 45.5 Å². The predicted octanol–water partition coefficient (Wildman–Crippen LogP) is 3.25. The highest BCUT2D eigenvalue weighted by Gasteiger charge is 2.47. The molecule has 2 aromatic carbocycles. The monoisotopic (exact) mass is 1440 g/mol. The molecule has 8 rings (SSSR count). The van der Waals surface area contributed by atoms with Crippen molar-refractivity contribution >= 4 is 117 Å². The molecule has 0 saturated carbocycles. The molecule has 30 nitrogen and oxygen atoms in total. The number of ether oxygens (including phenoxy) is 3. The SMILES string of the molecule is Cc1c2oc3c(C)c(OC(=O)c4ccc(Cl)c(Cl)c4)cc(C(=O)NC4C(=O)NC(C(C)C)C(=O)N5CCCC5C(=O)N(C)CC(=O)N(C)C(C(C)C)C(=O)OC4C)c3nc-2c(C(=O)NC2C(=O)NC(C(C)C)C(=O)N3CCCC3C(=O)N(C)CC(=O)N(C)C(C(C)C)C(=O)OC2C)c(N)c1=O. The molecule has 10 amide bonds. The van der Waals surface area contributed by atoms with Crippen molar-refractivity contribution < 1.29 is 81.0 Å². The minimum atomic E-state index is -1.97. The number of nitrogens with one attached hydrogen (secondary N) is 4. The largest absolute Gasteiger partial charge is 0.458 e. The summed E-state index contributed by atoms with van der Waals surface area (Å²) in [6, 6.07) is -6.49. The first-order chi connectivity index (χ1) is 47.3. The fourth-order valence-corrected chi connectivity index (χ4v) is 13.5. The number of hydrogen-bond donors (Lipinski definition) is 5. The van der Waals surface area contributed by atoms with Gasteiger partial charge < -0.3 is 75.0 Å². The van der Waals surface area contributed by atoms with Crippen LogP contribution < -0.4 is 37.2 Å². The summed E-state index contributed by atoms with van der Waals surface area (Å²) in [7, 11) is 5.48. The first kappa shape index (κ1) is 77.3. The van der Waals surface area contributed by atoms with Gasteiger partial charge in [0, 0.05) is 52.4 Å². The summed E-state index contributed by atoms with van der Waals surface area (Å²) in [5.74, 6) is -15.1. The number of carbonyl (C=O) groups is 13. The molecule has 0 bridgehead atoms. The number of nitrogens with zero attached hydrogens (tertiary/aromatic N) is 7. The van der Waals surface area contributed by atoms with Gasteiger partial charge in [0.15, 0.2) is 11.3 Å². The molecule has 10 unspecified atom stereocenters. The van der Waals surface area contributed by atoms with Gasteiger partial charge in [0.2, 0.25) is 52.7 Å². The zero-order chi connectivity index (χ0) is 75.0. The van der Waals surface area contributed by atoms with Gasteiger partial charge in [-0.05, 0) is 101 Å². The van der Waals surface area contributed by atoms with Crippen LogP contribution in [0.1, 0.15) is 137 Å². The number of halogens is 2. The molecular weight excluding hydrogens is 1360 g/mol. The lowest BCUT2D eigenvalue weighted by molar-refractivity contribution is -0.163. The Morgan fingerprint density at radius 1 is 0.624 bits per heavy atom. The standard InChI is InChI=1S/C69H88Cl2N12O18/c1-29(2)48-65(93)82-23-17-19-41(82)63(91)78(13)27-44(84)80(15)54(31(5)6)68(96)98-35(11)50(61(89)74-48)76-59(87)38-26-43(100-67(95)37-21-22-39(70)40(71)25-37)33(9)57-52(38)73-53-46(47(72)56(86)34(10)58(53)101-57)60(88)77-51-36(12)99-69(97)55(32(7)8)81(16)45(85)28-79(14)64(92)42-20-18-24-83(42)66(94)49(30(3)4)75-62(51)90/h21-22,25-26,29-32,35-36,41-42,48-51,54-55H,17-20,23-24,27-28,72H2,1-16H3,(H,74,89)(H,75,90)(H,76,87)(H,77,88). The number of aryl methyl sites for hydroxylation is 1. The maximum Gasteiger partial charge on any atom is 0.343 e. The van der Waals surface area contributed by atoms with Crippen LogP contribution in [0.5, 0.6) is 5.75 Å². The molecular formula is C69H88Cl2N12O18. The number of aromatic nitrogens is 1. The molecule has 2 aromatic rings. The van der Waals surface area contributed by atoms with Crippen LogP contribution in [0.4, 0.5) is 5.69 Å². The van der Waals surface area contributed by atoms with Gasteiger partial charge in [0.25, 0.3) is 11.8 Å².